The lowest BCUT2D eigenvalue weighted by atomic mass is 10.2. The molecule has 0 aliphatic carbocycles. The summed E-state index contributed by atoms with van der Waals surface area (Å²) in [5.74, 6) is 0.822. The van der Waals surface area contributed by atoms with E-state index in [0.29, 0.717) is 18.9 Å². The van der Waals surface area contributed by atoms with Gasteiger partial charge in [0.1, 0.15) is 5.75 Å². The van der Waals surface area contributed by atoms with Crippen molar-refractivity contribution in [1.29, 1.82) is 0 Å². The minimum Gasteiger partial charge on any atom is -0.497 e. The van der Waals surface area contributed by atoms with Gasteiger partial charge in [0.25, 0.3) is 0 Å². The molecular weight excluding hydrogens is 366 g/mol. The van der Waals surface area contributed by atoms with Crippen molar-refractivity contribution in [2.24, 2.45) is 0 Å². The van der Waals surface area contributed by atoms with Gasteiger partial charge in [-0.25, -0.2) is 4.79 Å². The second-order valence-electron chi connectivity index (χ2n) is 6.62. The Hall–Kier alpha value is -3.38. The molecule has 0 aliphatic rings. The van der Waals surface area contributed by atoms with Crippen LogP contribution in [0.4, 0.5) is 10.5 Å². The summed E-state index contributed by atoms with van der Waals surface area (Å²) in [6, 6.07) is 20.5. The fourth-order valence-corrected chi connectivity index (χ4v) is 2.82. The van der Waals surface area contributed by atoms with Gasteiger partial charge in [-0.2, -0.15) is 0 Å². The van der Waals surface area contributed by atoms with E-state index in [9.17, 15) is 4.79 Å². The molecule has 150 valence electrons. The number of nitrogens with zero attached hydrogens (tertiary/aromatic N) is 1. The van der Waals surface area contributed by atoms with Gasteiger partial charge in [-0.1, -0.05) is 30.3 Å². The largest absolute Gasteiger partial charge is 0.497 e. The molecule has 6 heteroatoms. The summed E-state index contributed by atoms with van der Waals surface area (Å²) in [5, 5.41) is 5.74. The molecule has 0 radical (unpaired) electrons. The minimum absolute atomic E-state index is 0.188. The molecule has 6 nitrogen and oxygen atoms in total. The van der Waals surface area contributed by atoms with Gasteiger partial charge in [0.05, 0.1) is 32.1 Å². The van der Waals surface area contributed by atoms with Gasteiger partial charge >= 0.3 is 6.03 Å². The first-order valence-corrected chi connectivity index (χ1v) is 9.42. The molecule has 0 fully saturated rings. The van der Waals surface area contributed by atoms with E-state index in [1.807, 2.05) is 73.7 Å². The van der Waals surface area contributed by atoms with Crippen LogP contribution in [0.3, 0.4) is 0 Å². The van der Waals surface area contributed by atoms with E-state index in [0.717, 1.165) is 22.6 Å². The van der Waals surface area contributed by atoms with Gasteiger partial charge < -0.3 is 20.1 Å². The van der Waals surface area contributed by atoms with Crippen molar-refractivity contribution in [3.8, 4) is 5.75 Å². The first kappa shape index (κ1) is 20.4. The van der Waals surface area contributed by atoms with Crippen LogP contribution in [0.5, 0.6) is 5.75 Å². The Bertz CT molecular complexity index is 914. The van der Waals surface area contributed by atoms with Crippen LogP contribution in [0.2, 0.25) is 0 Å². The molecule has 2 amide bonds. The zero-order chi connectivity index (χ0) is 20.5. The van der Waals surface area contributed by atoms with Crippen molar-refractivity contribution in [1.82, 2.24) is 10.3 Å². The molecule has 29 heavy (non-hydrogen) atoms. The van der Waals surface area contributed by atoms with Gasteiger partial charge in [0.2, 0.25) is 0 Å². The summed E-state index contributed by atoms with van der Waals surface area (Å²) in [6.45, 7) is 2.85. The summed E-state index contributed by atoms with van der Waals surface area (Å²) >= 11 is 0. The molecule has 1 unspecified atom stereocenters. The van der Waals surface area contributed by atoms with Crippen molar-refractivity contribution < 1.29 is 14.3 Å². The van der Waals surface area contributed by atoms with Crippen LogP contribution < -0.4 is 15.4 Å². The first-order valence-electron chi connectivity index (χ1n) is 9.42. The Morgan fingerprint density at radius 3 is 2.52 bits per heavy atom. The number of urea groups is 1. The number of aromatic nitrogens is 1. The fraction of sp³-hybridized carbons (Fsp3) is 0.217. The molecule has 1 atom stereocenters. The van der Waals surface area contributed by atoms with E-state index in [4.69, 9.17) is 9.47 Å². The first-order chi connectivity index (χ1) is 14.1. The third-order valence-electron chi connectivity index (χ3n) is 4.36. The topological polar surface area (TPSA) is 72.5 Å². The quantitative estimate of drug-likeness (QED) is 0.584. The highest BCUT2D eigenvalue weighted by Gasteiger charge is 2.10. The molecule has 1 aromatic heterocycles. The van der Waals surface area contributed by atoms with E-state index in [1.54, 1.807) is 13.3 Å². The second kappa shape index (κ2) is 10.2. The molecule has 1 heterocycles. The number of methoxy groups -OCH3 is 1. The number of rotatable bonds is 8. The van der Waals surface area contributed by atoms with Gasteiger partial charge in [-0.05, 0) is 54.4 Å². The normalized spacial score (nSPS) is 11.5. The molecule has 0 spiro atoms. The Kier molecular flexibility index (Phi) is 7.19. The van der Waals surface area contributed by atoms with Crippen molar-refractivity contribution in [3.05, 3.63) is 89.7 Å². The maximum absolute atomic E-state index is 12.3. The van der Waals surface area contributed by atoms with E-state index in [1.165, 1.54) is 0 Å². The Morgan fingerprint density at radius 1 is 1.00 bits per heavy atom. The van der Waals surface area contributed by atoms with Crippen molar-refractivity contribution in [3.63, 3.8) is 0 Å². The molecule has 0 saturated carbocycles. The molecule has 0 aliphatic heterocycles. The minimum atomic E-state index is -0.278. The highest BCUT2D eigenvalue weighted by molar-refractivity contribution is 5.89. The molecule has 0 saturated heterocycles. The zero-order valence-electron chi connectivity index (χ0n) is 16.6. The Morgan fingerprint density at radius 2 is 1.79 bits per heavy atom. The van der Waals surface area contributed by atoms with Crippen LogP contribution in [-0.2, 0) is 18.0 Å². The van der Waals surface area contributed by atoms with Gasteiger partial charge in [-0.3, -0.25) is 4.98 Å². The van der Waals surface area contributed by atoms with Gasteiger partial charge in [-0.15, -0.1) is 0 Å². The number of hydrogen-bond acceptors (Lipinski definition) is 4. The highest BCUT2D eigenvalue weighted by atomic mass is 16.5. The Labute approximate surface area is 170 Å². The van der Waals surface area contributed by atoms with Crippen LogP contribution in [0, 0.1) is 0 Å². The summed E-state index contributed by atoms with van der Waals surface area (Å²) in [5.41, 5.74) is 3.57. The van der Waals surface area contributed by atoms with Crippen molar-refractivity contribution >= 4 is 11.7 Å². The summed E-state index contributed by atoms with van der Waals surface area (Å²) < 4.78 is 10.9. The standard InChI is InChI=1S/C23H25N3O3/c1-17(22-8-3-4-13-24-22)25-23(27)26-20-7-5-6-19(14-20)16-29-15-18-9-11-21(28-2)12-10-18/h3-14,17H,15-16H2,1-2H3,(H2,25,26,27). The molecule has 0 bridgehead atoms. The summed E-state index contributed by atoms with van der Waals surface area (Å²) in [7, 11) is 1.64. The van der Waals surface area contributed by atoms with E-state index < -0.39 is 0 Å². The molecule has 3 aromatic rings. The number of amides is 2. The number of nitrogens with one attached hydrogen (secondary N) is 2. The molecule has 2 N–H and O–H groups in total. The third kappa shape index (κ3) is 6.33. The van der Waals surface area contributed by atoms with Crippen molar-refractivity contribution in [2.75, 3.05) is 12.4 Å². The number of pyridine rings is 1. The molecular formula is C23H25N3O3. The van der Waals surface area contributed by atoms with E-state index in [2.05, 4.69) is 15.6 Å². The number of hydrogen-bond donors (Lipinski definition) is 2. The third-order valence-corrected chi connectivity index (χ3v) is 4.36. The van der Waals surface area contributed by atoms with Crippen LogP contribution in [0.1, 0.15) is 29.8 Å². The summed E-state index contributed by atoms with van der Waals surface area (Å²) in [6.07, 6.45) is 1.71. The Balaban J connectivity index is 1.48. The van der Waals surface area contributed by atoms with Crippen LogP contribution in [-0.4, -0.2) is 18.1 Å². The van der Waals surface area contributed by atoms with Crippen LogP contribution in [0.25, 0.3) is 0 Å². The fourth-order valence-electron chi connectivity index (χ4n) is 2.82. The SMILES string of the molecule is COc1ccc(COCc2cccc(NC(=O)NC(C)c3ccccn3)c2)cc1. The predicted octanol–water partition coefficient (Wildman–Crippen LogP) is 4.69. The molecule has 2 aromatic carbocycles. The van der Waals surface area contributed by atoms with E-state index >= 15 is 0 Å². The monoisotopic (exact) mass is 391 g/mol. The van der Waals surface area contributed by atoms with Gasteiger partial charge in [0, 0.05) is 11.9 Å². The zero-order valence-corrected chi connectivity index (χ0v) is 16.6. The number of anilines is 1. The average Bonchev–Trinajstić information content (AvgIpc) is 2.75. The summed E-state index contributed by atoms with van der Waals surface area (Å²) in [4.78, 5) is 16.5. The van der Waals surface area contributed by atoms with Crippen LogP contribution >= 0.6 is 0 Å². The highest BCUT2D eigenvalue weighted by Crippen LogP contribution is 2.15. The van der Waals surface area contributed by atoms with Crippen LogP contribution in [0.15, 0.2) is 72.9 Å². The number of benzene rings is 2. The number of carbonyl (C=O) groups is 1. The van der Waals surface area contributed by atoms with E-state index in [-0.39, 0.29) is 12.1 Å². The maximum Gasteiger partial charge on any atom is 0.319 e. The molecule has 3 rings (SSSR count). The number of carbonyl (C=O) groups excluding carboxylic acids is 1. The number of ether oxygens (including phenoxy) is 2. The smallest absolute Gasteiger partial charge is 0.319 e. The lowest BCUT2D eigenvalue weighted by molar-refractivity contribution is 0.107. The maximum atomic E-state index is 12.3. The van der Waals surface area contributed by atoms with Gasteiger partial charge in [0.15, 0.2) is 0 Å². The lowest BCUT2D eigenvalue weighted by Crippen LogP contribution is -2.31. The predicted molar refractivity (Wildman–Crippen MR) is 113 cm³/mol. The second-order valence-corrected chi connectivity index (χ2v) is 6.62. The lowest BCUT2D eigenvalue weighted by Gasteiger charge is -2.14. The average molecular weight is 391 g/mol. The van der Waals surface area contributed by atoms with Crippen molar-refractivity contribution in [2.45, 2.75) is 26.2 Å².